The number of benzene rings is 2. The van der Waals surface area contributed by atoms with E-state index in [0.717, 1.165) is 49.8 Å². The molecular formula is C45H58F3NO9. The minimum Gasteiger partial charge on any atom is -0.504 e. The SMILES string of the molecule is CCCCCCCC/C=C\CCCCCCCC(=O)O[C@H](C(=O)OC1=CC[C@@]2(O)[C@H]3Cc4ccc(O)c5c4[C@@]2(CCN3C)[C@H]1O5)c1ccccc1.O=C(O)C(F)(F)F. The number of carbonyl (C=O) groups is 3. The maximum absolute atomic E-state index is 13.9. The van der Waals surface area contributed by atoms with E-state index in [4.69, 9.17) is 24.1 Å². The summed E-state index contributed by atoms with van der Waals surface area (Å²) in [6.45, 7) is 2.98. The van der Waals surface area contributed by atoms with Crippen LogP contribution in [-0.4, -0.2) is 75.6 Å². The highest BCUT2D eigenvalue weighted by atomic mass is 19.4. The molecule has 2 aromatic rings. The van der Waals surface area contributed by atoms with Gasteiger partial charge in [0.15, 0.2) is 17.6 Å². The van der Waals surface area contributed by atoms with Crippen LogP contribution in [0.3, 0.4) is 0 Å². The second-order valence-corrected chi connectivity index (χ2v) is 15.9. The second-order valence-electron chi connectivity index (χ2n) is 15.9. The molecule has 4 aliphatic rings. The van der Waals surface area contributed by atoms with Crippen LogP contribution in [0, 0.1) is 0 Å². The van der Waals surface area contributed by atoms with E-state index in [0.29, 0.717) is 30.6 Å². The van der Waals surface area contributed by atoms with Gasteiger partial charge in [-0.2, -0.15) is 13.2 Å². The van der Waals surface area contributed by atoms with Crippen LogP contribution in [0.2, 0.25) is 0 Å². The zero-order chi connectivity index (χ0) is 41.9. The first-order valence-corrected chi connectivity index (χ1v) is 20.8. The lowest BCUT2D eigenvalue weighted by molar-refractivity contribution is -0.192. The molecule has 0 amide bonds. The summed E-state index contributed by atoms with van der Waals surface area (Å²) in [5.41, 5.74) is 0.345. The molecule has 2 aliphatic heterocycles. The second kappa shape index (κ2) is 20.1. The van der Waals surface area contributed by atoms with Gasteiger partial charge in [0.2, 0.25) is 6.10 Å². The Balaban J connectivity index is 0.000000839. The van der Waals surface area contributed by atoms with Gasteiger partial charge in [-0.3, -0.25) is 4.79 Å². The number of carboxylic acid groups (broad SMARTS) is 1. The van der Waals surface area contributed by atoms with Crippen molar-refractivity contribution >= 4 is 17.9 Å². The number of carboxylic acids is 1. The van der Waals surface area contributed by atoms with Crippen molar-refractivity contribution < 1.29 is 57.1 Å². The number of piperidine rings is 1. The van der Waals surface area contributed by atoms with Crippen LogP contribution in [0.15, 0.2) is 66.5 Å². The van der Waals surface area contributed by atoms with E-state index in [1.54, 1.807) is 36.4 Å². The van der Waals surface area contributed by atoms with Crippen LogP contribution in [0.4, 0.5) is 13.2 Å². The monoisotopic (exact) mass is 813 g/mol. The Morgan fingerprint density at radius 1 is 0.948 bits per heavy atom. The molecule has 5 atom stereocenters. The Bertz CT molecular complexity index is 1780. The van der Waals surface area contributed by atoms with E-state index in [1.807, 2.05) is 19.2 Å². The average Bonchev–Trinajstić information content (AvgIpc) is 3.55. The lowest BCUT2D eigenvalue weighted by atomic mass is 9.50. The lowest BCUT2D eigenvalue weighted by Crippen LogP contribution is -2.74. The number of phenolic OH excluding ortho intramolecular Hbond substituents is 1. The molecule has 0 aromatic heterocycles. The van der Waals surface area contributed by atoms with E-state index in [-0.39, 0.29) is 30.4 Å². The summed E-state index contributed by atoms with van der Waals surface area (Å²) >= 11 is 0. The summed E-state index contributed by atoms with van der Waals surface area (Å²) in [7, 11) is 2.03. The van der Waals surface area contributed by atoms with Crippen LogP contribution >= 0.6 is 0 Å². The fourth-order valence-electron chi connectivity index (χ4n) is 9.02. The van der Waals surface area contributed by atoms with Crippen molar-refractivity contribution in [3.63, 3.8) is 0 Å². The zero-order valence-electron chi connectivity index (χ0n) is 33.6. The molecule has 2 heterocycles. The number of hydrogen-bond donors (Lipinski definition) is 3. The highest BCUT2D eigenvalue weighted by Crippen LogP contribution is 2.65. The first-order chi connectivity index (χ1) is 27.7. The van der Waals surface area contributed by atoms with Crippen LogP contribution < -0.4 is 4.74 Å². The first kappa shape index (κ1) is 44.7. The van der Waals surface area contributed by atoms with Gasteiger partial charge in [0.05, 0.1) is 11.0 Å². The number of carbonyl (C=O) groups excluding carboxylic acids is 2. The number of alkyl halides is 3. The highest BCUT2D eigenvalue weighted by molar-refractivity contribution is 5.82. The van der Waals surface area contributed by atoms with Crippen molar-refractivity contribution in [2.75, 3.05) is 13.6 Å². The summed E-state index contributed by atoms with van der Waals surface area (Å²) in [4.78, 5) is 38.1. The van der Waals surface area contributed by atoms with E-state index in [2.05, 4.69) is 24.0 Å². The fourth-order valence-corrected chi connectivity index (χ4v) is 9.02. The van der Waals surface area contributed by atoms with Crippen molar-refractivity contribution in [3.05, 3.63) is 83.1 Å². The predicted octanol–water partition coefficient (Wildman–Crippen LogP) is 9.17. The molecule has 2 aromatic carbocycles. The average molecular weight is 814 g/mol. The van der Waals surface area contributed by atoms with Crippen molar-refractivity contribution in [1.82, 2.24) is 4.90 Å². The molecule has 3 N–H and O–H groups in total. The minimum atomic E-state index is -5.08. The minimum absolute atomic E-state index is 0.00895. The maximum Gasteiger partial charge on any atom is 0.490 e. The third-order valence-electron chi connectivity index (χ3n) is 12.0. The molecule has 318 valence electrons. The van der Waals surface area contributed by atoms with Crippen LogP contribution in [-0.2, 0) is 35.7 Å². The Labute approximate surface area is 339 Å². The summed E-state index contributed by atoms with van der Waals surface area (Å²) in [5.74, 6) is -3.26. The number of likely N-dealkylation sites (tertiary alicyclic amines) is 1. The Morgan fingerprint density at radius 3 is 2.21 bits per heavy atom. The van der Waals surface area contributed by atoms with Gasteiger partial charge >= 0.3 is 24.1 Å². The number of esters is 2. The van der Waals surface area contributed by atoms with Crippen molar-refractivity contribution in [3.8, 4) is 11.5 Å². The molecule has 58 heavy (non-hydrogen) atoms. The molecule has 1 saturated heterocycles. The quantitative estimate of drug-likeness (QED) is 0.0714. The number of nitrogens with zero attached hydrogens (tertiary/aromatic N) is 1. The molecule has 2 aliphatic carbocycles. The summed E-state index contributed by atoms with van der Waals surface area (Å²) in [5, 5.41) is 30.4. The number of ether oxygens (including phenoxy) is 3. The first-order valence-electron chi connectivity index (χ1n) is 20.8. The Hall–Kier alpha value is -4.36. The molecule has 13 heteroatoms. The number of phenols is 1. The number of halogens is 3. The Kier molecular flexibility index (Phi) is 15.5. The number of rotatable bonds is 19. The lowest BCUT2D eigenvalue weighted by Gasteiger charge is -2.61. The van der Waals surface area contributed by atoms with Gasteiger partial charge in [0.25, 0.3) is 0 Å². The third kappa shape index (κ3) is 10.1. The number of likely N-dealkylation sites (N-methyl/N-ethyl adjacent to an activating group) is 1. The van der Waals surface area contributed by atoms with Gasteiger partial charge in [-0.25, -0.2) is 9.59 Å². The number of allylic oxidation sites excluding steroid dienone is 2. The summed E-state index contributed by atoms with van der Waals surface area (Å²) < 4.78 is 50.1. The van der Waals surface area contributed by atoms with Crippen LogP contribution in [0.25, 0.3) is 0 Å². The molecule has 10 nitrogen and oxygen atoms in total. The van der Waals surface area contributed by atoms with Crippen molar-refractivity contribution in [2.45, 2.75) is 152 Å². The standard InChI is InChI=1S/C43H57NO7.C2HF3O2/c1-3-4-5-6-7-8-9-10-11-12-13-14-15-16-20-23-36(46)50-38(31-21-18-17-19-22-31)41(47)49-34-26-27-43(48)35-30-32-24-25-33(45)39-37(32)42(43,40(34)51-39)28-29-44(35)2;3-2(4,5)1(6)7/h10-11,17-19,21-22,24-26,35,38,40,45,48H,3-9,12-16,20,23,27-30H2,1-2H3;(H,6,7)/b11-10-;/t35-,38+,40+,42+,43-;/m1./s1. The number of aliphatic hydroxyl groups is 1. The van der Waals surface area contributed by atoms with Crippen LogP contribution in [0.1, 0.15) is 132 Å². The van der Waals surface area contributed by atoms with Gasteiger partial charge < -0.3 is 34.4 Å². The molecule has 0 radical (unpaired) electrons. The van der Waals surface area contributed by atoms with Crippen molar-refractivity contribution in [1.29, 1.82) is 0 Å². The predicted molar refractivity (Wildman–Crippen MR) is 211 cm³/mol. The number of unbranched alkanes of at least 4 members (excludes halogenated alkanes) is 11. The Morgan fingerprint density at radius 2 is 1.57 bits per heavy atom. The molecule has 0 unspecified atom stereocenters. The van der Waals surface area contributed by atoms with E-state index >= 15 is 0 Å². The van der Waals surface area contributed by atoms with Gasteiger partial charge in [0, 0.05) is 30.0 Å². The maximum atomic E-state index is 13.9. The normalized spacial score (nSPS) is 23.5. The smallest absolute Gasteiger partial charge is 0.490 e. The fraction of sp³-hybridized carbons (Fsp3) is 0.578. The van der Waals surface area contributed by atoms with Gasteiger partial charge in [-0.05, 0) is 76.2 Å². The molecular weight excluding hydrogens is 755 g/mol. The topological polar surface area (TPSA) is 143 Å². The largest absolute Gasteiger partial charge is 0.504 e. The van der Waals surface area contributed by atoms with E-state index in [9.17, 15) is 33.0 Å². The zero-order valence-corrected chi connectivity index (χ0v) is 33.6. The number of aromatic hydroxyl groups is 1. The summed E-state index contributed by atoms with van der Waals surface area (Å²) in [6, 6.07) is 12.4. The molecule has 6 rings (SSSR count). The number of hydrogen-bond acceptors (Lipinski definition) is 9. The highest BCUT2D eigenvalue weighted by Gasteiger charge is 2.72. The molecule has 1 spiro atoms. The van der Waals surface area contributed by atoms with Gasteiger partial charge in [-0.1, -0.05) is 107 Å². The third-order valence-corrected chi connectivity index (χ3v) is 12.0. The van der Waals surface area contributed by atoms with Crippen LogP contribution in [0.5, 0.6) is 11.5 Å². The summed E-state index contributed by atoms with van der Waals surface area (Å²) in [6.07, 6.45) is 16.2. The molecule has 1 fully saturated rings. The molecule has 2 bridgehead atoms. The van der Waals surface area contributed by atoms with E-state index < -0.39 is 47.3 Å². The molecule has 0 saturated carbocycles. The van der Waals surface area contributed by atoms with Crippen molar-refractivity contribution in [2.24, 2.45) is 0 Å². The van der Waals surface area contributed by atoms with E-state index in [1.165, 1.54) is 44.9 Å². The van der Waals surface area contributed by atoms with Gasteiger partial charge in [0.1, 0.15) is 5.76 Å². The number of aliphatic carboxylic acids is 1. The van der Waals surface area contributed by atoms with Gasteiger partial charge in [-0.15, -0.1) is 0 Å².